The molecule has 2 N–H and O–H groups in total. The van der Waals surface area contributed by atoms with Gasteiger partial charge in [0.05, 0.1) is 6.61 Å². The zero-order valence-corrected chi connectivity index (χ0v) is 6.88. The number of aromatic nitrogens is 2. The standard InChI is InChI=1S/C8H9N3O2/c9-6-3-4-11(8(12)10-6)7-2-1-5-13-7/h1-4,7H,5H2,(H2,9,10,12)/t7-/m1/s1. The number of hydrogen-bond donors (Lipinski definition) is 1. The van der Waals surface area contributed by atoms with Crippen molar-refractivity contribution >= 4 is 5.82 Å². The summed E-state index contributed by atoms with van der Waals surface area (Å²) in [7, 11) is 0. The van der Waals surface area contributed by atoms with Crippen LogP contribution < -0.4 is 11.4 Å². The van der Waals surface area contributed by atoms with Gasteiger partial charge in [-0.15, -0.1) is 0 Å². The minimum absolute atomic E-state index is 0.225. The molecule has 5 heteroatoms. The van der Waals surface area contributed by atoms with E-state index < -0.39 is 5.69 Å². The van der Waals surface area contributed by atoms with Crippen LogP contribution in [-0.4, -0.2) is 16.2 Å². The first-order valence-electron chi connectivity index (χ1n) is 3.90. The first kappa shape index (κ1) is 8.00. The number of rotatable bonds is 1. The van der Waals surface area contributed by atoms with Gasteiger partial charge in [0.1, 0.15) is 5.82 Å². The minimum Gasteiger partial charge on any atom is -0.383 e. The van der Waals surface area contributed by atoms with Crippen LogP contribution in [0.1, 0.15) is 6.23 Å². The van der Waals surface area contributed by atoms with Gasteiger partial charge in [-0.25, -0.2) is 4.79 Å². The Bertz CT molecular complexity index is 397. The van der Waals surface area contributed by atoms with Gasteiger partial charge in [-0.2, -0.15) is 4.98 Å². The average molecular weight is 179 g/mol. The topological polar surface area (TPSA) is 70.1 Å². The van der Waals surface area contributed by atoms with Gasteiger partial charge < -0.3 is 10.5 Å². The van der Waals surface area contributed by atoms with Crippen molar-refractivity contribution in [1.29, 1.82) is 0 Å². The average Bonchev–Trinajstić information content (AvgIpc) is 2.56. The van der Waals surface area contributed by atoms with Crippen LogP contribution in [0.2, 0.25) is 0 Å². The number of ether oxygens (including phenoxy) is 1. The Labute approximate surface area is 74.5 Å². The lowest BCUT2D eigenvalue weighted by atomic mass is 10.5. The van der Waals surface area contributed by atoms with Crippen LogP contribution in [0.5, 0.6) is 0 Å². The molecule has 2 rings (SSSR count). The largest absolute Gasteiger partial charge is 0.383 e. The number of hydrogen-bond acceptors (Lipinski definition) is 4. The summed E-state index contributed by atoms with van der Waals surface area (Å²) < 4.78 is 6.62. The van der Waals surface area contributed by atoms with Crippen molar-refractivity contribution in [1.82, 2.24) is 9.55 Å². The predicted molar refractivity (Wildman–Crippen MR) is 47.0 cm³/mol. The summed E-state index contributed by atoms with van der Waals surface area (Å²) in [6, 6.07) is 1.57. The normalized spacial score (nSPS) is 20.8. The molecule has 0 aromatic carbocycles. The number of nitrogens with zero attached hydrogens (tertiary/aromatic N) is 2. The van der Waals surface area contributed by atoms with Gasteiger partial charge in [0.2, 0.25) is 0 Å². The number of anilines is 1. The van der Waals surface area contributed by atoms with E-state index in [1.54, 1.807) is 18.3 Å². The van der Waals surface area contributed by atoms with E-state index in [1.807, 2.05) is 6.08 Å². The summed E-state index contributed by atoms with van der Waals surface area (Å²) in [5, 5.41) is 0. The molecular weight excluding hydrogens is 170 g/mol. The fourth-order valence-corrected chi connectivity index (χ4v) is 1.17. The first-order valence-corrected chi connectivity index (χ1v) is 3.90. The zero-order chi connectivity index (χ0) is 9.26. The molecule has 1 aromatic heterocycles. The van der Waals surface area contributed by atoms with Gasteiger partial charge in [-0.05, 0) is 12.1 Å². The van der Waals surface area contributed by atoms with Gasteiger partial charge >= 0.3 is 5.69 Å². The van der Waals surface area contributed by atoms with E-state index in [2.05, 4.69) is 4.98 Å². The molecule has 5 nitrogen and oxygen atoms in total. The summed E-state index contributed by atoms with van der Waals surface area (Å²) in [6.45, 7) is 0.529. The highest BCUT2D eigenvalue weighted by Crippen LogP contribution is 2.12. The maximum absolute atomic E-state index is 11.3. The molecular formula is C8H9N3O2. The van der Waals surface area contributed by atoms with E-state index in [-0.39, 0.29) is 12.0 Å². The van der Waals surface area contributed by atoms with Gasteiger partial charge in [0.15, 0.2) is 6.23 Å². The zero-order valence-electron chi connectivity index (χ0n) is 6.88. The highest BCUT2D eigenvalue weighted by molar-refractivity contribution is 5.23. The van der Waals surface area contributed by atoms with E-state index in [1.165, 1.54) is 4.57 Å². The summed E-state index contributed by atoms with van der Waals surface area (Å²) in [4.78, 5) is 14.9. The molecule has 0 fully saturated rings. The second-order valence-corrected chi connectivity index (χ2v) is 2.69. The van der Waals surface area contributed by atoms with Crippen LogP contribution in [0.15, 0.2) is 29.2 Å². The summed E-state index contributed by atoms with van der Waals surface area (Å²) in [5.74, 6) is 0.225. The predicted octanol–water partition coefficient (Wildman–Crippen LogP) is -0.0895. The van der Waals surface area contributed by atoms with Crippen molar-refractivity contribution in [2.75, 3.05) is 12.3 Å². The molecule has 0 spiro atoms. The maximum atomic E-state index is 11.3. The number of nitrogen functional groups attached to an aromatic ring is 1. The molecule has 0 bridgehead atoms. The lowest BCUT2D eigenvalue weighted by Crippen LogP contribution is -2.26. The Morgan fingerprint density at radius 3 is 3.15 bits per heavy atom. The highest BCUT2D eigenvalue weighted by Gasteiger charge is 2.12. The Balaban J connectivity index is 2.40. The Morgan fingerprint density at radius 1 is 1.69 bits per heavy atom. The van der Waals surface area contributed by atoms with Gasteiger partial charge in [-0.3, -0.25) is 4.57 Å². The Morgan fingerprint density at radius 2 is 2.54 bits per heavy atom. The SMILES string of the molecule is Nc1ccn([C@H]2C=CCO2)c(=O)n1. The molecule has 68 valence electrons. The van der Waals surface area contributed by atoms with E-state index in [4.69, 9.17) is 10.5 Å². The molecule has 0 unspecified atom stereocenters. The quantitative estimate of drug-likeness (QED) is 0.611. The molecule has 1 aliphatic rings. The fraction of sp³-hybridized carbons (Fsp3) is 0.250. The third-order valence-electron chi connectivity index (χ3n) is 1.79. The number of nitrogens with two attached hydrogens (primary N) is 1. The van der Waals surface area contributed by atoms with Crippen LogP contribution in [0.3, 0.4) is 0 Å². The summed E-state index contributed by atoms with van der Waals surface area (Å²) in [6.07, 6.45) is 4.90. The maximum Gasteiger partial charge on any atom is 0.351 e. The Hall–Kier alpha value is -1.62. The molecule has 0 saturated carbocycles. The summed E-state index contributed by atoms with van der Waals surface area (Å²) in [5.41, 5.74) is 4.95. The smallest absolute Gasteiger partial charge is 0.351 e. The van der Waals surface area contributed by atoms with Crippen molar-refractivity contribution < 1.29 is 4.74 Å². The molecule has 0 radical (unpaired) electrons. The van der Waals surface area contributed by atoms with Crippen LogP contribution in [0.25, 0.3) is 0 Å². The lowest BCUT2D eigenvalue weighted by Gasteiger charge is -2.10. The third-order valence-corrected chi connectivity index (χ3v) is 1.79. The summed E-state index contributed by atoms with van der Waals surface area (Å²) >= 11 is 0. The van der Waals surface area contributed by atoms with Crippen molar-refractivity contribution in [2.24, 2.45) is 0 Å². The molecule has 0 aliphatic carbocycles. The molecule has 13 heavy (non-hydrogen) atoms. The van der Waals surface area contributed by atoms with Crippen LogP contribution in [0.4, 0.5) is 5.82 Å². The van der Waals surface area contributed by atoms with E-state index >= 15 is 0 Å². The monoisotopic (exact) mass is 179 g/mol. The Kier molecular flexibility index (Phi) is 1.86. The van der Waals surface area contributed by atoms with Crippen LogP contribution >= 0.6 is 0 Å². The van der Waals surface area contributed by atoms with Crippen LogP contribution in [-0.2, 0) is 4.74 Å². The minimum atomic E-state index is -0.392. The second kappa shape index (κ2) is 3.02. The van der Waals surface area contributed by atoms with Crippen molar-refractivity contribution in [3.63, 3.8) is 0 Å². The fourth-order valence-electron chi connectivity index (χ4n) is 1.17. The van der Waals surface area contributed by atoms with Crippen molar-refractivity contribution in [2.45, 2.75) is 6.23 Å². The molecule has 0 amide bonds. The van der Waals surface area contributed by atoms with Crippen molar-refractivity contribution in [3.05, 3.63) is 34.9 Å². The van der Waals surface area contributed by atoms with Gasteiger partial charge in [-0.1, -0.05) is 6.08 Å². The second-order valence-electron chi connectivity index (χ2n) is 2.69. The molecule has 1 aliphatic heterocycles. The van der Waals surface area contributed by atoms with Crippen molar-refractivity contribution in [3.8, 4) is 0 Å². The molecule has 1 atom stereocenters. The molecule has 0 saturated heterocycles. The van der Waals surface area contributed by atoms with Gasteiger partial charge in [0, 0.05) is 6.20 Å². The highest BCUT2D eigenvalue weighted by atomic mass is 16.5. The lowest BCUT2D eigenvalue weighted by molar-refractivity contribution is 0.0723. The third kappa shape index (κ3) is 1.46. The molecule has 2 heterocycles. The van der Waals surface area contributed by atoms with E-state index in [0.29, 0.717) is 6.61 Å². The van der Waals surface area contributed by atoms with E-state index in [0.717, 1.165) is 0 Å². The van der Waals surface area contributed by atoms with E-state index in [9.17, 15) is 4.79 Å². The first-order chi connectivity index (χ1) is 6.27. The molecule has 1 aromatic rings. The van der Waals surface area contributed by atoms with Gasteiger partial charge in [0.25, 0.3) is 0 Å². The van der Waals surface area contributed by atoms with Crippen LogP contribution in [0, 0.1) is 0 Å².